The van der Waals surface area contributed by atoms with Crippen molar-refractivity contribution >= 4 is 17.0 Å². The number of rotatable bonds is 3. The molecule has 3 aromatic rings. The molecule has 2 aromatic carbocycles. The summed E-state index contributed by atoms with van der Waals surface area (Å²) in [6.07, 6.45) is 1.40. The molecule has 1 amide bonds. The van der Waals surface area contributed by atoms with Crippen LogP contribution in [0.3, 0.4) is 0 Å². The second kappa shape index (κ2) is 8.86. The minimum atomic E-state index is -0.517. The van der Waals surface area contributed by atoms with Crippen LogP contribution in [0.5, 0.6) is 5.75 Å². The summed E-state index contributed by atoms with van der Waals surface area (Å²) in [6, 6.07) is 13.2. The third-order valence-corrected chi connectivity index (χ3v) is 7.25. The van der Waals surface area contributed by atoms with Crippen molar-refractivity contribution in [2.24, 2.45) is 0 Å². The van der Waals surface area contributed by atoms with E-state index in [0.29, 0.717) is 25.2 Å². The van der Waals surface area contributed by atoms with Crippen LogP contribution in [0.1, 0.15) is 50.4 Å². The maximum absolute atomic E-state index is 14.5. The van der Waals surface area contributed by atoms with Gasteiger partial charge in [0.15, 0.2) is 0 Å². The Morgan fingerprint density at radius 2 is 1.89 bits per heavy atom. The van der Waals surface area contributed by atoms with Gasteiger partial charge in [0.1, 0.15) is 17.2 Å². The molecule has 6 nitrogen and oxygen atoms in total. The molecule has 1 saturated heterocycles. The molecule has 0 saturated carbocycles. The summed E-state index contributed by atoms with van der Waals surface area (Å²) in [7, 11) is 1.67. The number of aromatic nitrogens is 1. The Hall–Kier alpha value is -3.06. The summed E-state index contributed by atoms with van der Waals surface area (Å²) in [5, 5.41) is 1.21. The number of carbonyl (C=O) groups is 1. The number of nitrogens with one attached hydrogen (secondary N) is 1. The number of H-pyrrole nitrogens is 1. The highest BCUT2D eigenvalue weighted by Crippen LogP contribution is 2.46. The molecule has 5 rings (SSSR count). The Morgan fingerprint density at radius 1 is 1.14 bits per heavy atom. The van der Waals surface area contributed by atoms with Gasteiger partial charge in [-0.1, -0.05) is 18.2 Å². The number of aromatic amines is 1. The highest BCUT2D eigenvalue weighted by Gasteiger charge is 2.45. The van der Waals surface area contributed by atoms with E-state index in [1.54, 1.807) is 13.2 Å². The maximum atomic E-state index is 14.5. The number of carbonyl (C=O) groups excluding carboxylic acids is 1. The Bertz CT molecular complexity index is 1240. The van der Waals surface area contributed by atoms with Crippen LogP contribution in [0.2, 0.25) is 0 Å². The molecule has 1 N–H and O–H groups in total. The highest BCUT2D eigenvalue weighted by molar-refractivity contribution is 5.87. The highest BCUT2D eigenvalue weighted by atomic mass is 19.1. The van der Waals surface area contributed by atoms with Gasteiger partial charge in [-0.25, -0.2) is 9.18 Å². The molecule has 186 valence electrons. The third kappa shape index (κ3) is 4.61. The number of nitrogens with zero attached hydrogens (tertiary/aromatic N) is 2. The third-order valence-electron chi connectivity index (χ3n) is 7.25. The minimum Gasteiger partial charge on any atom is -0.497 e. The molecular formula is C28H34FN3O3. The standard InChI is InChI=1S/C28H34FN3O3/c1-27(2,3)35-26(33)32-13-11-28(12-14-32)18-31(16-19-7-5-6-8-22(19)29)17-24-25(28)21-10-9-20(34-4)15-23(21)30-24/h5-10,15,30H,11-14,16-18H2,1-4H3. The molecule has 0 aliphatic carbocycles. The van der Waals surface area contributed by atoms with E-state index >= 15 is 0 Å². The number of hydrogen-bond donors (Lipinski definition) is 1. The van der Waals surface area contributed by atoms with Crippen LogP contribution >= 0.6 is 0 Å². The molecule has 35 heavy (non-hydrogen) atoms. The van der Waals surface area contributed by atoms with Gasteiger partial charge in [-0.2, -0.15) is 0 Å². The fraction of sp³-hybridized carbons (Fsp3) is 0.464. The fourth-order valence-corrected chi connectivity index (χ4v) is 5.70. The molecule has 0 radical (unpaired) electrons. The molecule has 1 spiro atoms. The first-order chi connectivity index (χ1) is 16.7. The number of likely N-dealkylation sites (tertiary alicyclic amines) is 1. The first kappa shape index (κ1) is 23.7. The molecule has 3 heterocycles. The molecule has 2 aliphatic heterocycles. The van der Waals surface area contributed by atoms with Gasteiger partial charge in [-0.05, 0) is 57.4 Å². The van der Waals surface area contributed by atoms with E-state index in [1.807, 2.05) is 49.9 Å². The number of halogens is 1. The summed E-state index contributed by atoms with van der Waals surface area (Å²) in [5.74, 6) is 0.640. The van der Waals surface area contributed by atoms with E-state index in [4.69, 9.17) is 9.47 Å². The van der Waals surface area contributed by atoms with Crippen molar-refractivity contribution in [3.05, 3.63) is 65.1 Å². The first-order valence-electron chi connectivity index (χ1n) is 12.3. The van der Waals surface area contributed by atoms with Crippen LogP contribution in [0, 0.1) is 5.82 Å². The van der Waals surface area contributed by atoms with Gasteiger partial charge in [-0.15, -0.1) is 0 Å². The zero-order valence-electron chi connectivity index (χ0n) is 21.0. The summed E-state index contributed by atoms with van der Waals surface area (Å²) in [4.78, 5) is 20.5. The second-order valence-electron chi connectivity index (χ2n) is 10.9. The monoisotopic (exact) mass is 479 g/mol. The van der Waals surface area contributed by atoms with Gasteiger partial charge in [0.2, 0.25) is 0 Å². The molecule has 7 heteroatoms. The van der Waals surface area contributed by atoms with E-state index in [9.17, 15) is 9.18 Å². The topological polar surface area (TPSA) is 57.8 Å². The Balaban J connectivity index is 1.48. The van der Waals surface area contributed by atoms with E-state index < -0.39 is 5.60 Å². The predicted molar refractivity (Wildman–Crippen MR) is 134 cm³/mol. The number of benzene rings is 2. The molecule has 1 aromatic heterocycles. The zero-order valence-corrected chi connectivity index (χ0v) is 21.0. The van der Waals surface area contributed by atoms with Crippen molar-refractivity contribution in [3.63, 3.8) is 0 Å². The number of hydrogen-bond acceptors (Lipinski definition) is 4. The number of piperidine rings is 1. The summed E-state index contributed by atoms with van der Waals surface area (Å²) in [5.41, 5.74) is 3.61. The van der Waals surface area contributed by atoms with Gasteiger partial charge in [-0.3, -0.25) is 4.90 Å². The Morgan fingerprint density at radius 3 is 2.57 bits per heavy atom. The van der Waals surface area contributed by atoms with E-state index in [1.165, 1.54) is 22.7 Å². The number of fused-ring (bicyclic) bond motifs is 4. The number of ether oxygens (including phenoxy) is 2. The lowest BCUT2D eigenvalue weighted by Crippen LogP contribution is -2.53. The lowest BCUT2D eigenvalue weighted by molar-refractivity contribution is 0.0123. The average molecular weight is 480 g/mol. The van der Waals surface area contributed by atoms with Crippen LogP contribution in [0.4, 0.5) is 9.18 Å². The number of amides is 1. The summed E-state index contributed by atoms with van der Waals surface area (Å²) < 4.78 is 25.6. The van der Waals surface area contributed by atoms with E-state index in [2.05, 4.69) is 16.0 Å². The first-order valence-corrected chi connectivity index (χ1v) is 12.3. The maximum Gasteiger partial charge on any atom is 0.410 e. The van der Waals surface area contributed by atoms with Crippen LogP contribution < -0.4 is 4.74 Å². The van der Waals surface area contributed by atoms with Crippen molar-refractivity contribution in [2.75, 3.05) is 26.7 Å². The van der Waals surface area contributed by atoms with Gasteiger partial charge in [0.25, 0.3) is 0 Å². The molecule has 0 bridgehead atoms. The van der Waals surface area contributed by atoms with Crippen LogP contribution in [0.15, 0.2) is 42.5 Å². The van der Waals surface area contributed by atoms with Crippen molar-refractivity contribution in [2.45, 2.75) is 57.7 Å². The molecule has 2 aliphatic rings. The quantitative estimate of drug-likeness (QED) is 0.531. The van der Waals surface area contributed by atoms with Gasteiger partial charge in [0, 0.05) is 66.4 Å². The molecule has 0 unspecified atom stereocenters. The molecule has 0 atom stereocenters. The van der Waals surface area contributed by atoms with Crippen molar-refractivity contribution in [1.82, 2.24) is 14.8 Å². The van der Waals surface area contributed by atoms with Crippen molar-refractivity contribution in [3.8, 4) is 5.75 Å². The summed E-state index contributed by atoms with van der Waals surface area (Å²) >= 11 is 0. The fourth-order valence-electron chi connectivity index (χ4n) is 5.70. The SMILES string of the molecule is COc1ccc2c3c([nH]c2c1)CN(Cc1ccccc1F)CC31CCN(C(=O)OC(C)(C)C)CC1. The molecule has 1 fully saturated rings. The van der Waals surface area contributed by atoms with Gasteiger partial charge >= 0.3 is 6.09 Å². The predicted octanol–water partition coefficient (Wildman–Crippen LogP) is 5.60. The zero-order chi connectivity index (χ0) is 24.8. The lowest BCUT2D eigenvalue weighted by Gasteiger charge is -2.48. The Labute approximate surface area is 206 Å². The van der Waals surface area contributed by atoms with E-state index in [0.717, 1.165) is 37.2 Å². The normalized spacial score (nSPS) is 18.0. The smallest absolute Gasteiger partial charge is 0.410 e. The molecular weight excluding hydrogens is 445 g/mol. The van der Waals surface area contributed by atoms with E-state index in [-0.39, 0.29) is 17.3 Å². The van der Waals surface area contributed by atoms with Crippen LogP contribution in [-0.2, 0) is 23.2 Å². The lowest BCUT2D eigenvalue weighted by atomic mass is 9.69. The summed E-state index contributed by atoms with van der Waals surface area (Å²) in [6.45, 7) is 9.02. The van der Waals surface area contributed by atoms with Crippen molar-refractivity contribution < 1.29 is 18.7 Å². The van der Waals surface area contributed by atoms with Crippen LogP contribution in [-0.4, -0.2) is 53.2 Å². The van der Waals surface area contributed by atoms with Gasteiger partial charge in [0.05, 0.1) is 7.11 Å². The second-order valence-corrected chi connectivity index (χ2v) is 10.9. The number of methoxy groups -OCH3 is 1. The van der Waals surface area contributed by atoms with Crippen LogP contribution in [0.25, 0.3) is 10.9 Å². The Kier molecular flexibility index (Phi) is 5.99. The minimum absolute atomic E-state index is 0.135. The average Bonchev–Trinajstić information content (AvgIpc) is 3.18. The van der Waals surface area contributed by atoms with Crippen molar-refractivity contribution in [1.29, 1.82) is 0 Å². The largest absolute Gasteiger partial charge is 0.497 e. The van der Waals surface area contributed by atoms with Gasteiger partial charge < -0.3 is 19.4 Å².